The van der Waals surface area contributed by atoms with Crippen molar-refractivity contribution in [3.8, 4) is 0 Å². The highest BCUT2D eigenvalue weighted by atomic mass is 16.5. The summed E-state index contributed by atoms with van der Waals surface area (Å²) in [6.07, 6.45) is 3.13. The van der Waals surface area contributed by atoms with E-state index in [9.17, 15) is 9.59 Å². The van der Waals surface area contributed by atoms with Crippen molar-refractivity contribution in [2.75, 3.05) is 37.5 Å². The normalized spacial score (nSPS) is 15.6. The lowest BCUT2D eigenvalue weighted by atomic mass is 10.1. The molecule has 1 aliphatic heterocycles. The molecule has 8 heteroatoms. The summed E-state index contributed by atoms with van der Waals surface area (Å²) in [6, 6.07) is 12.0. The number of amides is 1. The van der Waals surface area contributed by atoms with E-state index in [2.05, 4.69) is 24.5 Å². The number of carbonyl (C=O) groups excluding carboxylic acids is 2. The molecule has 1 saturated heterocycles. The second kappa shape index (κ2) is 10.7. The van der Waals surface area contributed by atoms with Gasteiger partial charge in [-0.2, -0.15) is 0 Å². The molecule has 1 aliphatic rings. The van der Waals surface area contributed by atoms with Crippen LogP contribution in [-0.2, 0) is 27.2 Å². The van der Waals surface area contributed by atoms with Crippen molar-refractivity contribution < 1.29 is 19.1 Å². The zero-order valence-corrected chi connectivity index (χ0v) is 20.0. The van der Waals surface area contributed by atoms with Crippen LogP contribution in [0.3, 0.4) is 0 Å². The summed E-state index contributed by atoms with van der Waals surface area (Å²) in [4.78, 5) is 30.7. The topological polar surface area (TPSA) is 94.5 Å². The Labute approximate surface area is 199 Å². The van der Waals surface area contributed by atoms with Gasteiger partial charge in [0, 0.05) is 25.1 Å². The zero-order valence-electron chi connectivity index (χ0n) is 20.0. The van der Waals surface area contributed by atoms with Crippen molar-refractivity contribution in [2.24, 2.45) is 11.8 Å². The summed E-state index contributed by atoms with van der Waals surface area (Å²) in [5.41, 5.74) is 3.34. The largest absolute Gasteiger partial charge is 0.464 e. The van der Waals surface area contributed by atoms with Crippen LogP contribution in [-0.4, -0.2) is 48.3 Å². The van der Waals surface area contributed by atoms with E-state index in [0.717, 1.165) is 17.8 Å². The molecule has 0 spiro atoms. The zero-order chi connectivity index (χ0) is 24.1. The fourth-order valence-electron chi connectivity index (χ4n) is 4.15. The summed E-state index contributed by atoms with van der Waals surface area (Å²) >= 11 is 0. The predicted octanol–water partition coefficient (Wildman–Crippen LogP) is 4.11. The van der Waals surface area contributed by atoms with Gasteiger partial charge in [-0.3, -0.25) is 4.79 Å². The first-order chi connectivity index (χ1) is 16.5. The second-order valence-electron chi connectivity index (χ2n) is 9.02. The number of anilines is 2. The number of ether oxygens (including phenoxy) is 2. The maximum Gasteiger partial charge on any atom is 0.356 e. The van der Waals surface area contributed by atoms with Gasteiger partial charge < -0.3 is 24.7 Å². The van der Waals surface area contributed by atoms with Crippen molar-refractivity contribution >= 4 is 34.3 Å². The molecule has 1 atom stereocenters. The standard InChI is InChI=1S/C26H32N4O4/c1-17(2)14-27-20-13-21-22(29-25(31)19-10-12-34-16-19)23(26(32)33-3)30(24(21)28-15-20)11-9-18-7-5-4-6-8-18/h4-8,13,15,17,19,27H,9-12,14,16H2,1-3H3,(H,29,31)/t19-/m1/s1. The number of rotatable bonds is 9. The quantitative estimate of drug-likeness (QED) is 0.463. The number of aromatic nitrogens is 2. The number of nitrogens with zero attached hydrogens (tertiary/aromatic N) is 2. The van der Waals surface area contributed by atoms with Gasteiger partial charge in [-0.1, -0.05) is 44.2 Å². The third-order valence-electron chi connectivity index (χ3n) is 6.01. The number of methoxy groups -OCH3 is 1. The highest BCUT2D eigenvalue weighted by molar-refractivity contribution is 6.11. The molecule has 0 radical (unpaired) electrons. The lowest BCUT2D eigenvalue weighted by molar-refractivity contribution is -0.119. The van der Waals surface area contributed by atoms with Crippen LogP contribution in [0, 0.1) is 11.8 Å². The van der Waals surface area contributed by atoms with Gasteiger partial charge in [0.2, 0.25) is 5.91 Å². The Morgan fingerprint density at radius 3 is 2.74 bits per heavy atom. The average molecular weight is 465 g/mol. The summed E-state index contributed by atoms with van der Waals surface area (Å²) in [7, 11) is 1.35. The first-order valence-corrected chi connectivity index (χ1v) is 11.7. The molecule has 34 heavy (non-hydrogen) atoms. The molecular formula is C26H32N4O4. The van der Waals surface area contributed by atoms with Crippen LogP contribution >= 0.6 is 0 Å². The molecule has 3 aromatic rings. The first kappa shape index (κ1) is 23.8. The van der Waals surface area contributed by atoms with Gasteiger partial charge in [0.15, 0.2) is 5.69 Å². The number of pyridine rings is 1. The van der Waals surface area contributed by atoms with Crippen molar-refractivity contribution in [1.29, 1.82) is 0 Å². The van der Waals surface area contributed by atoms with E-state index < -0.39 is 5.97 Å². The SMILES string of the molecule is COC(=O)c1c(NC(=O)[C@@H]2CCOC2)c2cc(NCC(C)C)cnc2n1CCc1ccccc1. The number of benzene rings is 1. The number of fused-ring (bicyclic) bond motifs is 1. The summed E-state index contributed by atoms with van der Waals surface area (Å²) in [5.74, 6) is -0.465. The molecule has 0 aliphatic carbocycles. The van der Waals surface area contributed by atoms with Crippen LogP contribution in [0.1, 0.15) is 36.3 Å². The number of carbonyl (C=O) groups is 2. The minimum absolute atomic E-state index is 0.162. The lowest BCUT2D eigenvalue weighted by Crippen LogP contribution is -2.24. The van der Waals surface area contributed by atoms with Gasteiger partial charge in [-0.05, 0) is 30.4 Å². The molecule has 1 fully saturated rings. The van der Waals surface area contributed by atoms with Crippen LogP contribution < -0.4 is 10.6 Å². The van der Waals surface area contributed by atoms with E-state index in [1.807, 2.05) is 41.0 Å². The number of aryl methyl sites for hydroxylation is 2. The Bertz CT molecular complexity index is 1150. The van der Waals surface area contributed by atoms with E-state index in [0.29, 0.717) is 60.9 Å². The molecule has 0 bridgehead atoms. The van der Waals surface area contributed by atoms with Gasteiger partial charge in [0.05, 0.1) is 37.2 Å². The molecule has 2 N–H and O–H groups in total. The summed E-state index contributed by atoms with van der Waals surface area (Å²) in [5, 5.41) is 7.10. The van der Waals surface area contributed by atoms with Crippen LogP contribution in [0.25, 0.3) is 11.0 Å². The van der Waals surface area contributed by atoms with E-state index in [1.165, 1.54) is 7.11 Å². The highest BCUT2D eigenvalue weighted by Gasteiger charge is 2.29. The number of hydrogen-bond donors (Lipinski definition) is 2. The molecule has 0 unspecified atom stereocenters. The van der Waals surface area contributed by atoms with Gasteiger partial charge in [-0.25, -0.2) is 9.78 Å². The Morgan fingerprint density at radius 2 is 2.06 bits per heavy atom. The van der Waals surface area contributed by atoms with Gasteiger partial charge >= 0.3 is 5.97 Å². The Hall–Kier alpha value is -3.39. The maximum atomic E-state index is 13.0. The molecule has 1 aromatic carbocycles. The minimum atomic E-state index is -0.513. The van der Waals surface area contributed by atoms with Crippen molar-refractivity contribution in [3.05, 3.63) is 53.9 Å². The van der Waals surface area contributed by atoms with E-state index in [4.69, 9.17) is 14.5 Å². The summed E-state index contributed by atoms with van der Waals surface area (Å²) < 4.78 is 12.4. The van der Waals surface area contributed by atoms with E-state index >= 15 is 0 Å². The van der Waals surface area contributed by atoms with Crippen molar-refractivity contribution in [3.63, 3.8) is 0 Å². The molecule has 8 nitrogen and oxygen atoms in total. The van der Waals surface area contributed by atoms with Crippen molar-refractivity contribution in [1.82, 2.24) is 9.55 Å². The Morgan fingerprint density at radius 1 is 1.26 bits per heavy atom. The molecule has 4 rings (SSSR count). The smallest absolute Gasteiger partial charge is 0.356 e. The molecule has 180 valence electrons. The molecule has 2 aromatic heterocycles. The molecular weight excluding hydrogens is 432 g/mol. The fourth-order valence-corrected chi connectivity index (χ4v) is 4.15. The van der Waals surface area contributed by atoms with Gasteiger partial charge in [-0.15, -0.1) is 0 Å². The average Bonchev–Trinajstić information content (AvgIpc) is 3.49. The van der Waals surface area contributed by atoms with Crippen LogP contribution in [0.2, 0.25) is 0 Å². The van der Waals surface area contributed by atoms with Gasteiger partial charge in [0.25, 0.3) is 0 Å². The lowest BCUT2D eigenvalue weighted by Gasteiger charge is -2.12. The van der Waals surface area contributed by atoms with Crippen LogP contribution in [0.5, 0.6) is 0 Å². The monoisotopic (exact) mass is 464 g/mol. The third kappa shape index (κ3) is 5.22. The second-order valence-corrected chi connectivity index (χ2v) is 9.02. The van der Waals surface area contributed by atoms with E-state index in [1.54, 1.807) is 6.20 Å². The highest BCUT2D eigenvalue weighted by Crippen LogP contribution is 2.33. The van der Waals surface area contributed by atoms with Crippen molar-refractivity contribution in [2.45, 2.75) is 33.2 Å². The van der Waals surface area contributed by atoms with E-state index in [-0.39, 0.29) is 11.8 Å². The number of nitrogens with one attached hydrogen (secondary N) is 2. The maximum absolute atomic E-state index is 13.0. The molecule has 3 heterocycles. The Kier molecular flexibility index (Phi) is 7.47. The molecule has 0 saturated carbocycles. The number of hydrogen-bond acceptors (Lipinski definition) is 6. The Balaban J connectivity index is 1.78. The predicted molar refractivity (Wildman–Crippen MR) is 132 cm³/mol. The minimum Gasteiger partial charge on any atom is -0.464 e. The summed E-state index contributed by atoms with van der Waals surface area (Å²) in [6.45, 7) is 6.50. The third-order valence-corrected chi connectivity index (χ3v) is 6.01. The van der Waals surface area contributed by atoms with Gasteiger partial charge in [0.1, 0.15) is 5.65 Å². The van der Waals surface area contributed by atoms with Crippen LogP contribution in [0.15, 0.2) is 42.6 Å². The first-order valence-electron chi connectivity index (χ1n) is 11.7. The fraction of sp³-hybridized carbons (Fsp3) is 0.423. The molecule has 1 amide bonds. The van der Waals surface area contributed by atoms with Crippen LogP contribution in [0.4, 0.5) is 11.4 Å². The number of esters is 1.